The van der Waals surface area contributed by atoms with Gasteiger partial charge in [-0.25, -0.2) is 9.36 Å². The smallest absolute Gasteiger partial charge is 0.459 e. The zero-order valence-corrected chi connectivity index (χ0v) is 19.3. The van der Waals surface area contributed by atoms with Crippen molar-refractivity contribution in [2.45, 2.75) is 39.3 Å². The first-order valence-electron chi connectivity index (χ1n) is 10.2. The highest BCUT2D eigenvalue weighted by Crippen LogP contribution is 2.45. The number of nitrogens with zero attached hydrogens (tertiary/aromatic N) is 1. The molecule has 33 heavy (non-hydrogen) atoms. The molecule has 1 fully saturated rings. The number of ether oxygens (including phenoxy) is 3. The van der Waals surface area contributed by atoms with E-state index in [1.807, 2.05) is 0 Å². The second-order valence-electron chi connectivity index (χ2n) is 7.13. The number of nitrogens with one attached hydrogen (secondary N) is 2. The standard InChI is InChI=1S/C20H26N3O9P/c1-4-28-19(25)14(3)22-33(27,32-15-8-6-5-7-9-15)30-12-17-29-11-16(31-17)23-10-13(2)18(24)21-20(23)26/h5-10,14,16-17H,4,11-12H2,1-3H3,(H,22,27)(H,21,24,26)/t14-,16+,17+,33?/m0/s1. The van der Waals surface area contributed by atoms with E-state index >= 15 is 0 Å². The van der Waals surface area contributed by atoms with Crippen molar-refractivity contribution < 1.29 is 32.6 Å². The van der Waals surface area contributed by atoms with Crippen LogP contribution in [0, 0.1) is 6.92 Å². The van der Waals surface area contributed by atoms with Crippen LogP contribution in [0.25, 0.3) is 0 Å². The van der Waals surface area contributed by atoms with Gasteiger partial charge in [-0.2, -0.15) is 5.09 Å². The predicted molar refractivity (Wildman–Crippen MR) is 116 cm³/mol. The maximum Gasteiger partial charge on any atom is 0.459 e. The highest BCUT2D eigenvalue weighted by Gasteiger charge is 2.36. The summed E-state index contributed by atoms with van der Waals surface area (Å²) in [6.07, 6.45) is -0.436. The number of hydrogen-bond acceptors (Lipinski definition) is 9. The van der Waals surface area contributed by atoms with Crippen LogP contribution in [0.5, 0.6) is 5.75 Å². The SMILES string of the molecule is CCOC(=O)[C@H](C)NP(=O)(OC[C@@H]1OC[C@H](n2cc(C)c(=O)[nH]c2=O)O1)Oc1ccccc1. The molecule has 0 amide bonds. The van der Waals surface area contributed by atoms with Crippen LogP contribution < -0.4 is 20.9 Å². The molecule has 1 aromatic carbocycles. The number of hydrogen-bond donors (Lipinski definition) is 2. The molecule has 13 heteroatoms. The Hall–Kier alpha value is -2.76. The minimum Gasteiger partial charge on any atom is -0.465 e. The van der Waals surface area contributed by atoms with Crippen LogP contribution >= 0.6 is 7.75 Å². The molecule has 0 spiro atoms. The Kier molecular flexibility index (Phi) is 8.22. The van der Waals surface area contributed by atoms with Gasteiger partial charge >= 0.3 is 19.4 Å². The Morgan fingerprint density at radius 1 is 1.33 bits per heavy atom. The summed E-state index contributed by atoms with van der Waals surface area (Å²) in [6, 6.07) is 7.30. The number of rotatable bonds is 10. The highest BCUT2D eigenvalue weighted by atomic mass is 31.2. The summed E-state index contributed by atoms with van der Waals surface area (Å²) < 4.78 is 41.7. The molecule has 12 nitrogen and oxygen atoms in total. The van der Waals surface area contributed by atoms with Gasteiger partial charge in [-0.3, -0.25) is 23.7 Å². The number of H-pyrrole nitrogens is 1. The number of carbonyl (C=O) groups excluding carboxylic acids is 1. The lowest BCUT2D eigenvalue weighted by atomic mass is 10.3. The minimum atomic E-state index is -4.07. The Morgan fingerprint density at radius 3 is 2.76 bits per heavy atom. The minimum absolute atomic E-state index is 0.00405. The molecule has 0 radical (unpaired) electrons. The lowest BCUT2D eigenvalue weighted by Gasteiger charge is -2.23. The Balaban J connectivity index is 1.68. The van der Waals surface area contributed by atoms with Crippen LogP contribution in [-0.2, 0) is 28.1 Å². The molecule has 1 unspecified atom stereocenters. The molecule has 1 aliphatic rings. The van der Waals surface area contributed by atoms with Crippen molar-refractivity contribution in [3.63, 3.8) is 0 Å². The third-order valence-corrected chi connectivity index (χ3v) is 6.17. The molecule has 1 saturated heterocycles. The second-order valence-corrected chi connectivity index (χ2v) is 8.83. The zero-order chi connectivity index (χ0) is 24.0. The highest BCUT2D eigenvalue weighted by molar-refractivity contribution is 7.52. The van der Waals surface area contributed by atoms with Gasteiger partial charge in [0.15, 0.2) is 12.5 Å². The third-order valence-electron chi connectivity index (χ3n) is 4.53. The zero-order valence-electron chi connectivity index (χ0n) is 18.4. The van der Waals surface area contributed by atoms with Crippen LogP contribution in [0.1, 0.15) is 25.6 Å². The molecular weight excluding hydrogens is 457 g/mol. The fourth-order valence-corrected chi connectivity index (χ4v) is 4.38. The van der Waals surface area contributed by atoms with E-state index < -0.39 is 43.5 Å². The van der Waals surface area contributed by atoms with Crippen LogP contribution in [0.2, 0.25) is 0 Å². The van der Waals surface area contributed by atoms with Gasteiger partial charge in [-0.1, -0.05) is 18.2 Å². The number of carbonyl (C=O) groups is 1. The molecule has 2 N–H and O–H groups in total. The normalized spacial score (nSPS) is 20.7. The Bertz CT molecular complexity index is 1120. The largest absolute Gasteiger partial charge is 0.465 e. The number of aryl methyl sites for hydroxylation is 1. The van der Waals surface area contributed by atoms with Gasteiger partial charge < -0.3 is 18.7 Å². The summed E-state index contributed by atoms with van der Waals surface area (Å²) in [5.74, 6) is -0.370. The van der Waals surface area contributed by atoms with Gasteiger partial charge in [0.25, 0.3) is 5.56 Å². The van der Waals surface area contributed by atoms with Gasteiger partial charge in [0, 0.05) is 11.8 Å². The molecule has 4 atom stereocenters. The van der Waals surface area contributed by atoms with Gasteiger partial charge in [0.05, 0.1) is 13.2 Å². The number of aromatic nitrogens is 2. The first-order valence-corrected chi connectivity index (χ1v) is 11.8. The Labute approximate surface area is 189 Å². The molecule has 1 aromatic heterocycles. The lowest BCUT2D eigenvalue weighted by Crippen LogP contribution is -2.36. The average Bonchev–Trinajstić information content (AvgIpc) is 3.24. The van der Waals surface area contributed by atoms with E-state index in [0.29, 0.717) is 5.56 Å². The number of para-hydroxylation sites is 1. The summed E-state index contributed by atoms with van der Waals surface area (Å²) in [7, 11) is -4.07. The van der Waals surface area contributed by atoms with Crippen LogP contribution in [0.3, 0.4) is 0 Å². The van der Waals surface area contributed by atoms with E-state index in [1.54, 1.807) is 44.2 Å². The van der Waals surface area contributed by atoms with Crippen LogP contribution in [0.4, 0.5) is 0 Å². The second kappa shape index (κ2) is 10.9. The first kappa shape index (κ1) is 24.9. The predicted octanol–water partition coefficient (Wildman–Crippen LogP) is 1.46. The Morgan fingerprint density at radius 2 is 2.06 bits per heavy atom. The van der Waals surface area contributed by atoms with Gasteiger partial charge in [0.1, 0.15) is 18.4 Å². The summed E-state index contributed by atoms with van der Waals surface area (Å²) in [5.41, 5.74) is -0.810. The van der Waals surface area contributed by atoms with Crippen molar-refractivity contribution in [1.82, 2.24) is 14.6 Å². The summed E-state index contributed by atoms with van der Waals surface area (Å²) >= 11 is 0. The van der Waals surface area contributed by atoms with Crippen molar-refractivity contribution in [3.8, 4) is 5.75 Å². The summed E-state index contributed by atoms with van der Waals surface area (Å²) in [5, 5.41) is 2.55. The van der Waals surface area contributed by atoms with E-state index in [4.69, 9.17) is 23.3 Å². The average molecular weight is 483 g/mol. The molecule has 180 valence electrons. The molecule has 1 aliphatic heterocycles. The molecule has 2 aromatic rings. The maximum absolute atomic E-state index is 13.4. The number of benzene rings is 1. The monoisotopic (exact) mass is 483 g/mol. The molecule has 2 heterocycles. The van der Waals surface area contributed by atoms with E-state index in [1.165, 1.54) is 17.7 Å². The van der Waals surface area contributed by atoms with Crippen molar-refractivity contribution in [3.05, 3.63) is 62.9 Å². The molecule has 3 rings (SSSR count). The van der Waals surface area contributed by atoms with E-state index in [0.717, 1.165) is 0 Å². The van der Waals surface area contributed by atoms with E-state index in [-0.39, 0.29) is 25.6 Å². The first-order chi connectivity index (χ1) is 15.7. The topological polar surface area (TPSA) is 147 Å². The fraction of sp³-hybridized carbons (Fsp3) is 0.450. The fourth-order valence-electron chi connectivity index (χ4n) is 2.90. The molecule has 0 bridgehead atoms. The van der Waals surface area contributed by atoms with Crippen molar-refractivity contribution in [2.75, 3.05) is 19.8 Å². The van der Waals surface area contributed by atoms with Crippen molar-refractivity contribution in [2.24, 2.45) is 0 Å². The molecule has 0 aliphatic carbocycles. The van der Waals surface area contributed by atoms with Crippen LogP contribution in [0.15, 0.2) is 46.1 Å². The molecular formula is C20H26N3O9P. The van der Waals surface area contributed by atoms with Crippen LogP contribution in [-0.4, -0.2) is 47.7 Å². The van der Waals surface area contributed by atoms with Gasteiger partial charge in [-0.05, 0) is 32.9 Å². The maximum atomic E-state index is 13.4. The molecule has 0 saturated carbocycles. The third kappa shape index (κ3) is 6.62. The van der Waals surface area contributed by atoms with E-state index in [9.17, 15) is 18.9 Å². The number of esters is 1. The van der Waals surface area contributed by atoms with Gasteiger partial charge in [0.2, 0.25) is 0 Å². The van der Waals surface area contributed by atoms with Crippen molar-refractivity contribution >= 4 is 13.7 Å². The van der Waals surface area contributed by atoms with Crippen molar-refractivity contribution in [1.29, 1.82) is 0 Å². The summed E-state index contributed by atoms with van der Waals surface area (Å²) in [6.45, 7) is 4.49. The number of aromatic amines is 1. The van der Waals surface area contributed by atoms with Gasteiger partial charge in [-0.15, -0.1) is 0 Å². The summed E-state index contributed by atoms with van der Waals surface area (Å²) in [4.78, 5) is 37.8. The van der Waals surface area contributed by atoms with E-state index in [2.05, 4.69) is 10.1 Å². The lowest BCUT2D eigenvalue weighted by molar-refractivity contribution is -0.144. The quantitative estimate of drug-likeness (QED) is 0.376.